The van der Waals surface area contributed by atoms with Gasteiger partial charge in [0.25, 0.3) is 0 Å². The van der Waals surface area contributed by atoms with Gasteiger partial charge in [-0.15, -0.1) is 0 Å². The lowest BCUT2D eigenvalue weighted by molar-refractivity contribution is 0.0180. The van der Waals surface area contributed by atoms with Crippen molar-refractivity contribution >= 4 is 40.1 Å². The van der Waals surface area contributed by atoms with Crippen molar-refractivity contribution in [3.8, 4) is 0 Å². The molecule has 0 aliphatic carbocycles. The maximum atomic E-state index is 12.9. The van der Waals surface area contributed by atoms with E-state index in [1.807, 2.05) is 26.8 Å². The van der Waals surface area contributed by atoms with Crippen molar-refractivity contribution in [2.45, 2.75) is 52.1 Å². The molecule has 1 aliphatic rings. The fraction of sp³-hybridized carbons (Fsp3) is 0.500. The van der Waals surface area contributed by atoms with Crippen LogP contribution in [-0.2, 0) is 4.74 Å². The van der Waals surface area contributed by atoms with Crippen molar-refractivity contribution in [1.29, 1.82) is 0 Å². The third-order valence-corrected chi connectivity index (χ3v) is 5.54. The van der Waals surface area contributed by atoms with E-state index in [0.29, 0.717) is 52.6 Å². The number of halogens is 1. The highest BCUT2D eigenvalue weighted by atomic mass is 35.5. The quantitative estimate of drug-likeness (QED) is 0.553. The molecule has 0 atom stereocenters. The molecule has 1 aromatic carbocycles. The molecule has 29 heavy (non-hydrogen) atoms. The number of aromatic nitrogens is 1. The van der Waals surface area contributed by atoms with Crippen LogP contribution in [0, 0.1) is 5.92 Å². The van der Waals surface area contributed by atoms with Crippen LogP contribution in [0.3, 0.4) is 0 Å². The molecule has 0 unspecified atom stereocenters. The van der Waals surface area contributed by atoms with Gasteiger partial charge >= 0.3 is 6.09 Å². The zero-order valence-corrected chi connectivity index (χ0v) is 18.0. The number of Topliss-reactive ketones (excluding diaryl/α,β-unsaturated/α-hetero) is 1. The summed E-state index contributed by atoms with van der Waals surface area (Å²) in [5.74, 6) is 0.422. The Balaban J connectivity index is 1.58. The molecule has 6 nitrogen and oxygen atoms in total. The molecule has 2 aromatic rings. The molecule has 1 aromatic heterocycles. The summed E-state index contributed by atoms with van der Waals surface area (Å²) in [4.78, 5) is 31.1. The first-order valence-corrected chi connectivity index (χ1v) is 10.4. The number of nitrogens with two attached hydrogens (primary N) is 1. The van der Waals surface area contributed by atoms with Crippen LogP contribution < -0.4 is 5.73 Å². The van der Waals surface area contributed by atoms with Gasteiger partial charge in [0.05, 0.1) is 16.2 Å². The average molecular weight is 418 g/mol. The second kappa shape index (κ2) is 8.57. The molecule has 0 saturated carbocycles. The summed E-state index contributed by atoms with van der Waals surface area (Å²) in [6.07, 6.45) is 4.32. The number of fused-ring (bicyclic) bond motifs is 1. The van der Waals surface area contributed by atoms with Crippen molar-refractivity contribution in [2.75, 3.05) is 18.8 Å². The number of benzene rings is 1. The van der Waals surface area contributed by atoms with E-state index in [-0.39, 0.29) is 11.9 Å². The molecule has 0 spiro atoms. The Morgan fingerprint density at radius 2 is 2.00 bits per heavy atom. The summed E-state index contributed by atoms with van der Waals surface area (Å²) >= 11 is 6.22. The zero-order valence-electron chi connectivity index (χ0n) is 17.2. The van der Waals surface area contributed by atoms with Gasteiger partial charge in [-0.1, -0.05) is 11.6 Å². The molecule has 1 amide bonds. The Morgan fingerprint density at radius 1 is 1.31 bits per heavy atom. The van der Waals surface area contributed by atoms with E-state index in [9.17, 15) is 9.59 Å². The lowest BCUT2D eigenvalue weighted by Gasteiger charge is -2.33. The Bertz CT molecular complexity index is 915. The molecule has 156 valence electrons. The number of rotatable bonds is 4. The van der Waals surface area contributed by atoms with E-state index >= 15 is 0 Å². The number of ketones is 1. The molecule has 0 bridgehead atoms. The fourth-order valence-corrected chi connectivity index (χ4v) is 3.86. The maximum absolute atomic E-state index is 12.9. The van der Waals surface area contributed by atoms with Gasteiger partial charge in [-0.2, -0.15) is 0 Å². The number of carbonyl (C=O) groups excluding carboxylic acids is 2. The van der Waals surface area contributed by atoms with Crippen LogP contribution in [0.5, 0.6) is 0 Å². The van der Waals surface area contributed by atoms with Crippen LogP contribution in [0.15, 0.2) is 24.4 Å². The largest absolute Gasteiger partial charge is 0.444 e. The lowest BCUT2D eigenvalue weighted by atomic mass is 9.90. The number of pyridine rings is 1. The summed E-state index contributed by atoms with van der Waals surface area (Å²) < 4.78 is 5.43. The summed E-state index contributed by atoms with van der Waals surface area (Å²) in [5.41, 5.74) is 7.10. The lowest BCUT2D eigenvalue weighted by Crippen LogP contribution is -2.41. The van der Waals surface area contributed by atoms with Gasteiger partial charge in [0.1, 0.15) is 5.60 Å². The first kappa shape index (κ1) is 21.4. The number of hydrogen-bond acceptors (Lipinski definition) is 5. The van der Waals surface area contributed by atoms with Crippen molar-refractivity contribution in [3.63, 3.8) is 0 Å². The highest BCUT2D eigenvalue weighted by Crippen LogP contribution is 2.32. The predicted octanol–water partition coefficient (Wildman–Crippen LogP) is 5.08. The number of amides is 1. The molecule has 2 N–H and O–H groups in total. The minimum absolute atomic E-state index is 0.0187. The molecule has 1 fully saturated rings. The number of nitrogens with zero attached hydrogens (tertiary/aromatic N) is 2. The van der Waals surface area contributed by atoms with Crippen molar-refractivity contribution in [2.24, 2.45) is 5.92 Å². The molecule has 1 saturated heterocycles. The van der Waals surface area contributed by atoms with Gasteiger partial charge in [0.15, 0.2) is 5.78 Å². The van der Waals surface area contributed by atoms with Crippen LogP contribution in [0.25, 0.3) is 10.9 Å². The number of carbonyl (C=O) groups is 2. The number of piperidine rings is 1. The Hall–Kier alpha value is -2.34. The topological polar surface area (TPSA) is 85.5 Å². The summed E-state index contributed by atoms with van der Waals surface area (Å²) in [7, 11) is 0. The monoisotopic (exact) mass is 417 g/mol. The number of anilines is 1. The molecular weight excluding hydrogens is 390 g/mol. The van der Waals surface area contributed by atoms with Crippen LogP contribution in [0.1, 0.15) is 56.8 Å². The minimum Gasteiger partial charge on any atom is -0.444 e. The first-order chi connectivity index (χ1) is 13.7. The van der Waals surface area contributed by atoms with E-state index < -0.39 is 5.60 Å². The predicted molar refractivity (Wildman–Crippen MR) is 115 cm³/mol. The van der Waals surface area contributed by atoms with Crippen LogP contribution in [-0.4, -0.2) is 40.5 Å². The third kappa shape index (κ3) is 5.18. The van der Waals surface area contributed by atoms with Gasteiger partial charge in [-0.3, -0.25) is 9.78 Å². The van der Waals surface area contributed by atoms with E-state index in [2.05, 4.69) is 4.98 Å². The Labute approximate surface area is 176 Å². The Kier molecular flexibility index (Phi) is 6.32. The Morgan fingerprint density at radius 3 is 2.66 bits per heavy atom. The van der Waals surface area contributed by atoms with Crippen LogP contribution >= 0.6 is 11.6 Å². The van der Waals surface area contributed by atoms with Gasteiger partial charge in [0.2, 0.25) is 0 Å². The second-order valence-electron chi connectivity index (χ2n) is 8.59. The highest BCUT2D eigenvalue weighted by Gasteiger charge is 2.27. The van der Waals surface area contributed by atoms with Gasteiger partial charge in [-0.25, -0.2) is 4.79 Å². The molecule has 7 heteroatoms. The third-order valence-electron chi connectivity index (χ3n) is 5.23. The molecule has 3 rings (SSSR count). The van der Waals surface area contributed by atoms with Crippen LogP contribution in [0.4, 0.5) is 10.5 Å². The molecule has 2 heterocycles. The van der Waals surface area contributed by atoms with Crippen molar-refractivity contribution in [1.82, 2.24) is 9.88 Å². The van der Waals surface area contributed by atoms with E-state index in [1.165, 1.54) is 0 Å². The van der Waals surface area contributed by atoms with Gasteiger partial charge in [0, 0.05) is 36.7 Å². The SMILES string of the molecule is CC(C)(C)OC(=O)N1CCC(CCC(=O)c2cc(Cl)c(N)c3cccnc23)CC1. The van der Waals surface area contributed by atoms with E-state index in [4.69, 9.17) is 22.1 Å². The average Bonchev–Trinajstić information content (AvgIpc) is 2.68. The summed E-state index contributed by atoms with van der Waals surface area (Å²) in [6.45, 7) is 6.92. The van der Waals surface area contributed by atoms with E-state index in [0.717, 1.165) is 19.3 Å². The van der Waals surface area contributed by atoms with E-state index in [1.54, 1.807) is 23.2 Å². The fourth-order valence-electron chi connectivity index (χ4n) is 3.65. The number of likely N-dealkylation sites (tertiary alicyclic amines) is 1. The van der Waals surface area contributed by atoms with Crippen molar-refractivity contribution in [3.05, 3.63) is 35.0 Å². The van der Waals surface area contributed by atoms with Crippen LogP contribution in [0.2, 0.25) is 5.02 Å². The van der Waals surface area contributed by atoms with Gasteiger partial charge in [-0.05, 0) is 64.2 Å². The smallest absolute Gasteiger partial charge is 0.410 e. The standard InChI is InChI=1S/C22H28ClN3O3/c1-22(2,3)29-21(28)26-11-8-14(9-12-26)6-7-18(27)16-13-17(23)19(24)15-5-4-10-25-20(15)16/h4-5,10,13-14H,6-9,11-12,24H2,1-3H3. The van der Waals surface area contributed by atoms with Gasteiger partial charge < -0.3 is 15.4 Å². The zero-order chi connectivity index (χ0) is 21.2. The molecule has 0 radical (unpaired) electrons. The normalized spacial score (nSPS) is 15.5. The maximum Gasteiger partial charge on any atom is 0.410 e. The summed E-state index contributed by atoms with van der Waals surface area (Å²) in [5, 5.41) is 1.08. The molecule has 1 aliphatic heterocycles. The summed E-state index contributed by atoms with van der Waals surface area (Å²) in [6, 6.07) is 5.23. The highest BCUT2D eigenvalue weighted by molar-refractivity contribution is 6.35. The molecular formula is C22H28ClN3O3. The van der Waals surface area contributed by atoms with Crippen molar-refractivity contribution < 1.29 is 14.3 Å². The number of nitrogen functional groups attached to an aromatic ring is 1. The first-order valence-electron chi connectivity index (χ1n) is 9.99. The minimum atomic E-state index is -0.489. The second-order valence-corrected chi connectivity index (χ2v) is 9.00. The number of ether oxygens (including phenoxy) is 1. The number of hydrogen-bond donors (Lipinski definition) is 1.